The minimum atomic E-state index is -0.406. The molecule has 0 radical (unpaired) electrons. The van der Waals surface area contributed by atoms with Crippen LogP contribution in [-0.2, 0) is 9.59 Å². The first-order chi connectivity index (χ1) is 12.9. The maximum Gasteiger partial charge on any atom is 0.222 e. The number of carbonyl (C=O) groups is 2. The minimum Gasteiger partial charge on any atom is -0.497 e. The Morgan fingerprint density at radius 3 is 2.04 bits per heavy atom. The van der Waals surface area contributed by atoms with Crippen LogP contribution >= 0.6 is 11.6 Å². The quantitative estimate of drug-likeness (QED) is 0.712. The normalized spacial score (nSPS) is 12.7. The summed E-state index contributed by atoms with van der Waals surface area (Å²) in [5.41, 5.74) is 1.84. The Kier molecular flexibility index (Phi) is 7.67. The van der Waals surface area contributed by atoms with Crippen LogP contribution in [0.25, 0.3) is 0 Å². The van der Waals surface area contributed by atoms with Crippen LogP contribution in [0.1, 0.15) is 49.9 Å². The number of halogens is 1. The van der Waals surface area contributed by atoms with Gasteiger partial charge in [0.25, 0.3) is 0 Å². The molecule has 2 unspecified atom stereocenters. The number of methoxy groups -OCH3 is 1. The Bertz CT molecular complexity index is 760. The number of carbonyl (C=O) groups excluding carboxylic acids is 2. The average Bonchev–Trinajstić information content (AvgIpc) is 2.66. The number of benzene rings is 2. The van der Waals surface area contributed by atoms with E-state index in [1.807, 2.05) is 55.5 Å². The Labute approximate surface area is 165 Å². The molecular weight excluding hydrogens is 364 g/mol. The fraction of sp³-hybridized carbons (Fsp3) is 0.333. The molecule has 0 aliphatic carbocycles. The van der Waals surface area contributed by atoms with Gasteiger partial charge in [-0.3, -0.25) is 9.59 Å². The fourth-order valence-electron chi connectivity index (χ4n) is 2.89. The molecule has 0 spiro atoms. The van der Waals surface area contributed by atoms with E-state index in [0.717, 1.165) is 23.3 Å². The first kappa shape index (κ1) is 20.8. The van der Waals surface area contributed by atoms with Crippen LogP contribution in [0.3, 0.4) is 0 Å². The standard InChI is InChI=1S/C21H25ClN2O3/c1-4-19(15-5-9-17(22)10-6-15)24-21(26)13-20(23-14(2)25)16-7-11-18(27-3)12-8-16/h5-12,19-20H,4,13H2,1-3H3,(H,23,25)(H,24,26). The highest BCUT2D eigenvalue weighted by atomic mass is 35.5. The molecule has 2 atom stereocenters. The van der Waals surface area contributed by atoms with Gasteiger partial charge >= 0.3 is 0 Å². The zero-order valence-electron chi connectivity index (χ0n) is 15.8. The third-order valence-electron chi connectivity index (χ3n) is 4.30. The second kappa shape index (κ2) is 9.97. The number of nitrogens with one attached hydrogen (secondary N) is 2. The van der Waals surface area contributed by atoms with Crippen molar-refractivity contribution in [1.82, 2.24) is 10.6 Å². The molecule has 0 aromatic heterocycles. The molecule has 5 nitrogen and oxygen atoms in total. The lowest BCUT2D eigenvalue weighted by atomic mass is 10.0. The SMILES string of the molecule is CCC(NC(=O)CC(NC(C)=O)c1ccc(OC)cc1)c1ccc(Cl)cc1. The molecule has 0 aliphatic rings. The highest BCUT2D eigenvalue weighted by Gasteiger charge is 2.20. The summed E-state index contributed by atoms with van der Waals surface area (Å²) in [6.45, 7) is 3.45. The predicted octanol–water partition coefficient (Wildman–Crippen LogP) is 4.18. The van der Waals surface area contributed by atoms with Gasteiger partial charge in [0.05, 0.1) is 25.6 Å². The molecule has 0 saturated carbocycles. The Balaban J connectivity index is 2.09. The maximum atomic E-state index is 12.6. The number of amides is 2. The van der Waals surface area contributed by atoms with E-state index in [4.69, 9.17) is 16.3 Å². The van der Waals surface area contributed by atoms with Gasteiger partial charge in [0, 0.05) is 11.9 Å². The third-order valence-corrected chi connectivity index (χ3v) is 4.55. The second-order valence-corrected chi connectivity index (χ2v) is 6.75. The van der Waals surface area contributed by atoms with Gasteiger partial charge in [0.1, 0.15) is 5.75 Å². The van der Waals surface area contributed by atoms with Crippen molar-refractivity contribution in [2.75, 3.05) is 7.11 Å². The van der Waals surface area contributed by atoms with Crippen molar-refractivity contribution in [2.24, 2.45) is 0 Å². The maximum absolute atomic E-state index is 12.6. The first-order valence-corrected chi connectivity index (χ1v) is 9.26. The molecule has 2 aromatic rings. The smallest absolute Gasteiger partial charge is 0.222 e. The van der Waals surface area contributed by atoms with E-state index >= 15 is 0 Å². The van der Waals surface area contributed by atoms with Crippen LogP contribution in [-0.4, -0.2) is 18.9 Å². The van der Waals surface area contributed by atoms with Crippen molar-refractivity contribution < 1.29 is 14.3 Å². The lowest BCUT2D eigenvalue weighted by Gasteiger charge is -2.22. The van der Waals surface area contributed by atoms with E-state index in [2.05, 4.69) is 10.6 Å². The molecule has 0 bridgehead atoms. The molecule has 27 heavy (non-hydrogen) atoms. The highest BCUT2D eigenvalue weighted by molar-refractivity contribution is 6.30. The summed E-state index contributed by atoms with van der Waals surface area (Å²) in [6, 6.07) is 14.2. The minimum absolute atomic E-state index is 0.108. The molecule has 0 saturated heterocycles. The van der Waals surface area contributed by atoms with Crippen LogP contribution < -0.4 is 15.4 Å². The van der Waals surface area contributed by atoms with E-state index in [1.165, 1.54) is 6.92 Å². The topological polar surface area (TPSA) is 67.4 Å². The van der Waals surface area contributed by atoms with Crippen molar-refractivity contribution in [3.8, 4) is 5.75 Å². The molecule has 0 fully saturated rings. The lowest BCUT2D eigenvalue weighted by Crippen LogP contribution is -2.34. The van der Waals surface area contributed by atoms with Gasteiger partial charge in [-0.05, 0) is 41.8 Å². The van der Waals surface area contributed by atoms with Gasteiger partial charge in [-0.15, -0.1) is 0 Å². The van der Waals surface area contributed by atoms with Gasteiger partial charge in [-0.1, -0.05) is 42.8 Å². The van der Waals surface area contributed by atoms with Crippen LogP contribution in [0.5, 0.6) is 5.75 Å². The summed E-state index contributed by atoms with van der Waals surface area (Å²) >= 11 is 5.94. The predicted molar refractivity (Wildman–Crippen MR) is 107 cm³/mol. The van der Waals surface area contributed by atoms with Crippen LogP contribution in [0.15, 0.2) is 48.5 Å². The van der Waals surface area contributed by atoms with Crippen molar-refractivity contribution in [1.29, 1.82) is 0 Å². The molecule has 144 valence electrons. The van der Waals surface area contributed by atoms with Gasteiger partial charge < -0.3 is 15.4 Å². The molecule has 2 N–H and O–H groups in total. The Morgan fingerprint density at radius 1 is 0.963 bits per heavy atom. The molecule has 6 heteroatoms. The average molecular weight is 389 g/mol. The Morgan fingerprint density at radius 2 is 1.52 bits per heavy atom. The van der Waals surface area contributed by atoms with Crippen molar-refractivity contribution in [2.45, 2.75) is 38.8 Å². The third kappa shape index (κ3) is 6.29. The number of hydrogen-bond acceptors (Lipinski definition) is 3. The zero-order chi connectivity index (χ0) is 19.8. The van der Waals surface area contributed by atoms with E-state index in [1.54, 1.807) is 7.11 Å². The van der Waals surface area contributed by atoms with Gasteiger partial charge in [0.15, 0.2) is 0 Å². The summed E-state index contributed by atoms with van der Waals surface area (Å²) < 4.78 is 5.16. The van der Waals surface area contributed by atoms with Gasteiger partial charge in [0.2, 0.25) is 11.8 Å². The van der Waals surface area contributed by atoms with Crippen LogP contribution in [0, 0.1) is 0 Å². The molecule has 2 amide bonds. The summed E-state index contributed by atoms with van der Waals surface area (Å²) in [4.78, 5) is 24.2. The van der Waals surface area contributed by atoms with E-state index in [9.17, 15) is 9.59 Å². The van der Waals surface area contributed by atoms with E-state index in [0.29, 0.717) is 5.02 Å². The number of rotatable bonds is 8. The van der Waals surface area contributed by atoms with E-state index in [-0.39, 0.29) is 24.3 Å². The summed E-state index contributed by atoms with van der Waals surface area (Å²) in [5, 5.41) is 6.54. The molecule has 0 aliphatic heterocycles. The molecule has 2 rings (SSSR count). The highest BCUT2D eigenvalue weighted by Crippen LogP contribution is 2.23. The largest absolute Gasteiger partial charge is 0.497 e. The molecular formula is C21H25ClN2O3. The van der Waals surface area contributed by atoms with Gasteiger partial charge in [-0.25, -0.2) is 0 Å². The lowest BCUT2D eigenvalue weighted by molar-refractivity contribution is -0.123. The van der Waals surface area contributed by atoms with Crippen LogP contribution in [0.2, 0.25) is 5.02 Å². The van der Waals surface area contributed by atoms with Crippen molar-refractivity contribution >= 4 is 23.4 Å². The fourth-order valence-corrected chi connectivity index (χ4v) is 3.01. The molecule has 0 heterocycles. The summed E-state index contributed by atoms with van der Waals surface area (Å²) in [5.74, 6) is 0.401. The molecule has 2 aromatic carbocycles. The summed E-state index contributed by atoms with van der Waals surface area (Å²) in [7, 11) is 1.59. The second-order valence-electron chi connectivity index (χ2n) is 6.31. The van der Waals surface area contributed by atoms with Crippen LogP contribution in [0.4, 0.5) is 0 Å². The van der Waals surface area contributed by atoms with Crippen molar-refractivity contribution in [3.63, 3.8) is 0 Å². The number of ether oxygens (including phenoxy) is 1. The van der Waals surface area contributed by atoms with Crippen molar-refractivity contribution in [3.05, 3.63) is 64.7 Å². The summed E-state index contributed by atoms with van der Waals surface area (Å²) in [6.07, 6.45) is 0.900. The Hall–Kier alpha value is -2.53. The first-order valence-electron chi connectivity index (χ1n) is 8.88. The zero-order valence-corrected chi connectivity index (χ0v) is 16.5. The number of hydrogen-bond donors (Lipinski definition) is 2. The van der Waals surface area contributed by atoms with Gasteiger partial charge in [-0.2, -0.15) is 0 Å². The monoisotopic (exact) mass is 388 g/mol. The van der Waals surface area contributed by atoms with E-state index < -0.39 is 6.04 Å².